The number of methoxy groups -OCH3 is 1. The second-order valence-electron chi connectivity index (χ2n) is 9.18. The van der Waals surface area contributed by atoms with Crippen LogP contribution in [0.3, 0.4) is 0 Å². The second kappa shape index (κ2) is 12.9. The van der Waals surface area contributed by atoms with E-state index in [1.807, 2.05) is 42.5 Å². The Kier molecular flexibility index (Phi) is 9.16. The number of aryl methyl sites for hydroxylation is 2. The van der Waals surface area contributed by atoms with E-state index in [1.54, 1.807) is 7.11 Å². The maximum absolute atomic E-state index is 5.74. The molecule has 0 spiro atoms. The number of hydrogen-bond acceptors (Lipinski definition) is 4. The van der Waals surface area contributed by atoms with Crippen molar-refractivity contribution in [3.8, 4) is 18.1 Å². The summed E-state index contributed by atoms with van der Waals surface area (Å²) in [4.78, 5) is 8.56. The number of rotatable bonds is 11. The molecule has 0 bridgehead atoms. The van der Waals surface area contributed by atoms with Gasteiger partial charge in [-0.05, 0) is 85.5 Å². The third-order valence-corrected chi connectivity index (χ3v) is 6.21. The standard InChI is InChI=1S/C33H34N2O3/c1-6-26-7-12-28(13-8-26)31(32-23(2)21-25(4)34-32)33-24(3)22-29(35-33)14-9-27-10-15-30(16-11-27)38-20-19-37-18-17-36-5/h1,7-16,21-22,34H,17-20H2,2-5H3/b14-9+,33-31+. The third kappa shape index (κ3) is 6.80. The molecule has 5 nitrogen and oxygen atoms in total. The van der Waals surface area contributed by atoms with Crippen LogP contribution in [-0.4, -0.2) is 44.2 Å². The number of ether oxygens (including phenoxy) is 3. The summed E-state index contributed by atoms with van der Waals surface area (Å²) in [5.74, 6) is 3.51. The maximum atomic E-state index is 5.74. The predicted octanol–water partition coefficient (Wildman–Crippen LogP) is 6.53. The van der Waals surface area contributed by atoms with E-state index in [9.17, 15) is 0 Å². The van der Waals surface area contributed by atoms with Gasteiger partial charge in [0.05, 0.1) is 36.9 Å². The number of H-pyrrole nitrogens is 1. The van der Waals surface area contributed by atoms with Crippen LogP contribution in [0, 0.1) is 26.2 Å². The number of nitrogens with one attached hydrogen (secondary N) is 1. The summed E-state index contributed by atoms with van der Waals surface area (Å²) in [6.45, 7) is 8.49. The molecular weight excluding hydrogens is 472 g/mol. The lowest BCUT2D eigenvalue weighted by Gasteiger charge is -2.12. The second-order valence-corrected chi connectivity index (χ2v) is 9.18. The van der Waals surface area contributed by atoms with Crippen molar-refractivity contribution in [1.82, 2.24) is 4.98 Å². The molecule has 0 unspecified atom stereocenters. The van der Waals surface area contributed by atoms with Crippen LogP contribution < -0.4 is 4.74 Å². The first-order chi connectivity index (χ1) is 18.5. The van der Waals surface area contributed by atoms with Gasteiger partial charge < -0.3 is 19.2 Å². The van der Waals surface area contributed by atoms with Crippen LogP contribution in [0.4, 0.5) is 0 Å². The van der Waals surface area contributed by atoms with Gasteiger partial charge in [0.2, 0.25) is 0 Å². The summed E-state index contributed by atoms with van der Waals surface area (Å²) in [6.07, 6.45) is 11.8. The molecule has 0 atom stereocenters. The van der Waals surface area contributed by atoms with Crippen molar-refractivity contribution >= 4 is 17.4 Å². The molecule has 1 aliphatic heterocycles. The quantitative estimate of drug-likeness (QED) is 0.238. The molecule has 0 aliphatic carbocycles. The number of aromatic nitrogens is 1. The Morgan fingerprint density at radius 2 is 1.68 bits per heavy atom. The molecule has 194 valence electrons. The van der Waals surface area contributed by atoms with Crippen molar-refractivity contribution in [3.05, 3.63) is 112 Å². The number of allylic oxidation sites excluding steroid dienone is 3. The zero-order chi connectivity index (χ0) is 26.9. The molecule has 2 aromatic carbocycles. The molecular formula is C33H34N2O3. The topological polar surface area (TPSA) is 55.8 Å². The molecule has 5 heteroatoms. The summed E-state index contributed by atoms with van der Waals surface area (Å²) >= 11 is 0. The Morgan fingerprint density at radius 3 is 2.34 bits per heavy atom. The van der Waals surface area contributed by atoms with Gasteiger partial charge in [0.15, 0.2) is 0 Å². The number of aromatic amines is 1. The first kappa shape index (κ1) is 26.9. The molecule has 38 heavy (non-hydrogen) atoms. The van der Waals surface area contributed by atoms with Crippen molar-refractivity contribution in [2.45, 2.75) is 20.8 Å². The number of terminal acetylenes is 1. The summed E-state index contributed by atoms with van der Waals surface area (Å²) in [6, 6.07) is 18.2. The number of aliphatic imine (C=N–C) groups is 1. The Balaban J connectivity index is 1.53. The lowest BCUT2D eigenvalue weighted by Crippen LogP contribution is -2.09. The van der Waals surface area contributed by atoms with Gasteiger partial charge in [-0.2, -0.15) is 0 Å². The van der Waals surface area contributed by atoms with Gasteiger partial charge in [0, 0.05) is 23.9 Å². The highest BCUT2D eigenvalue weighted by molar-refractivity contribution is 6.11. The molecule has 0 fully saturated rings. The van der Waals surface area contributed by atoms with Crippen LogP contribution in [0.25, 0.3) is 11.6 Å². The first-order valence-corrected chi connectivity index (χ1v) is 12.7. The van der Waals surface area contributed by atoms with Crippen LogP contribution in [0.2, 0.25) is 0 Å². The normalized spacial score (nSPS) is 14.4. The van der Waals surface area contributed by atoms with Crippen molar-refractivity contribution in [3.63, 3.8) is 0 Å². The van der Waals surface area contributed by atoms with E-state index < -0.39 is 0 Å². The summed E-state index contributed by atoms with van der Waals surface area (Å²) in [5.41, 5.74) is 10.4. The molecule has 0 amide bonds. The predicted molar refractivity (Wildman–Crippen MR) is 156 cm³/mol. The minimum Gasteiger partial charge on any atom is -0.491 e. The van der Waals surface area contributed by atoms with Crippen molar-refractivity contribution in [2.24, 2.45) is 4.99 Å². The number of benzene rings is 2. The van der Waals surface area contributed by atoms with Crippen LogP contribution >= 0.6 is 0 Å². The van der Waals surface area contributed by atoms with Crippen LogP contribution in [0.1, 0.15) is 40.6 Å². The van der Waals surface area contributed by atoms with Crippen molar-refractivity contribution in [1.29, 1.82) is 0 Å². The smallest absolute Gasteiger partial charge is 0.119 e. The zero-order valence-electron chi connectivity index (χ0n) is 22.5. The SMILES string of the molecule is C#Cc1ccc(/C(=C2N=C(/C=C/c3ccc(OCCOCCOC)cc3)C=C\2C)c2[nH]c(C)cc2C)cc1. The van der Waals surface area contributed by atoms with Gasteiger partial charge in [-0.15, -0.1) is 6.42 Å². The summed E-state index contributed by atoms with van der Waals surface area (Å²) in [5, 5.41) is 0. The van der Waals surface area contributed by atoms with Crippen molar-refractivity contribution in [2.75, 3.05) is 33.5 Å². The fourth-order valence-electron chi connectivity index (χ4n) is 4.32. The molecule has 3 aromatic rings. The Hall–Kier alpha value is -4.11. The lowest BCUT2D eigenvalue weighted by molar-refractivity contribution is 0.0544. The van der Waals surface area contributed by atoms with E-state index in [0.717, 1.165) is 56.4 Å². The van der Waals surface area contributed by atoms with E-state index in [0.29, 0.717) is 26.4 Å². The van der Waals surface area contributed by atoms with E-state index in [4.69, 9.17) is 25.6 Å². The average Bonchev–Trinajstić information content (AvgIpc) is 3.46. The molecule has 4 rings (SSSR count). The minimum atomic E-state index is 0.502. The Bertz CT molecular complexity index is 1410. The van der Waals surface area contributed by atoms with Crippen LogP contribution in [0.5, 0.6) is 5.75 Å². The lowest BCUT2D eigenvalue weighted by atomic mass is 9.95. The Morgan fingerprint density at radius 1 is 0.947 bits per heavy atom. The minimum absolute atomic E-state index is 0.502. The maximum Gasteiger partial charge on any atom is 0.119 e. The molecule has 0 saturated carbocycles. The monoisotopic (exact) mass is 506 g/mol. The molecule has 2 heterocycles. The molecule has 1 aromatic heterocycles. The number of hydrogen-bond donors (Lipinski definition) is 1. The van der Waals surface area contributed by atoms with Gasteiger partial charge in [-0.1, -0.05) is 36.3 Å². The molecule has 1 N–H and O–H groups in total. The van der Waals surface area contributed by atoms with E-state index in [-0.39, 0.29) is 0 Å². The van der Waals surface area contributed by atoms with Gasteiger partial charge in [0.25, 0.3) is 0 Å². The van der Waals surface area contributed by atoms with Gasteiger partial charge in [-0.3, -0.25) is 0 Å². The highest BCUT2D eigenvalue weighted by Gasteiger charge is 2.20. The first-order valence-electron chi connectivity index (χ1n) is 12.7. The zero-order valence-corrected chi connectivity index (χ0v) is 22.5. The molecule has 0 saturated heterocycles. The number of nitrogens with zero attached hydrogens (tertiary/aromatic N) is 1. The van der Waals surface area contributed by atoms with E-state index in [2.05, 4.69) is 62.0 Å². The summed E-state index contributed by atoms with van der Waals surface area (Å²) < 4.78 is 16.1. The fourth-order valence-corrected chi connectivity index (χ4v) is 4.32. The molecule has 0 radical (unpaired) electrons. The average molecular weight is 507 g/mol. The highest BCUT2D eigenvalue weighted by Crippen LogP contribution is 2.35. The largest absolute Gasteiger partial charge is 0.491 e. The van der Waals surface area contributed by atoms with Gasteiger partial charge in [0.1, 0.15) is 12.4 Å². The summed E-state index contributed by atoms with van der Waals surface area (Å²) in [7, 11) is 1.66. The van der Waals surface area contributed by atoms with E-state index in [1.165, 1.54) is 5.56 Å². The highest BCUT2D eigenvalue weighted by atomic mass is 16.5. The molecule has 1 aliphatic rings. The van der Waals surface area contributed by atoms with Crippen molar-refractivity contribution < 1.29 is 14.2 Å². The van der Waals surface area contributed by atoms with Gasteiger partial charge in [-0.25, -0.2) is 4.99 Å². The van der Waals surface area contributed by atoms with E-state index >= 15 is 0 Å². The Labute approximate surface area is 225 Å². The van der Waals surface area contributed by atoms with Crippen LogP contribution in [0.15, 0.2) is 83.0 Å². The fraction of sp³-hybridized carbons (Fsp3) is 0.242. The third-order valence-electron chi connectivity index (χ3n) is 6.21. The van der Waals surface area contributed by atoms with Gasteiger partial charge >= 0.3 is 0 Å². The van der Waals surface area contributed by atoms with Crippen LogP contribution in [-0.2, 0) is 9.47 Å².